The summed E-state index contributed by atoms with van der Waals surface area (Å²) in [6.45, 7) is 5.38. The molecule has 1 fully saturated rings. The highest BCUT2D eigenvalue weighted by Gasteiger charge is 2.21. The van der Waals surface area contributed by atoms with E-state index < -0.39 is 0 Å². The fraction of sp³-hybridized carbons (Fsp3) is 0.440. The lowest BCUT2D eigenvalue weighted by Gasteiger charge is -2.21. The van der Waals surface area contributed by atoms with E-state index in [1.807, 2.05) is 28.9 Å². The largest absolute Gasteiger partial charge is 0.303 e. The summed E-state index contributed by atoms with van der Waals surface area (Å²) >= 11 is 0. The Balaban J connectivity index is 1.51. The minimum Gasteiger partial charge on any atom is -0.303 e. The first-order chi connectivity index (χ1) is 14.3. The molecule has 4 nitrogen and oxygen atoms in total. The van der Waals surface area contributed by atoms with Crippen molar-refractivity contribution in [1.29, 1.82) is 0 Å². The molecule has 0 saturated carbocycles. The number of nitrogens with zero attached hydrogens (tertiary/aromatic N) is 3. The smallest absolute Gasteiger partial charge is 0.274 e. The molecule has 4 rings (SSSR count). The van der Waals surface area contributed by atoms with Crippen LogP contribution in [0.3, 0.4) is 0 Å². The molecule has 0 amide bonds. The van der Waals surface area contributed by atoms with Gasteiger partial charge in [0.25, 0.3) is 5.56 Å². The van der Waals surface area contributed by atoms with E-state index in [0.29, 0.717) is 0 Å². The van der Waals surface area contributed by atoms with Crippen LogP contribution >= 0.6 is 0 Å². The van der Waals surface area contributed by atoms with Gasteiger partial charge in [0, 0.05) is 18.5 Å². The van der Waals surface area contributed by atoms with Crippen molar-refractivity contribution in [2.75, 3.05) is 19.6 Å². The van der Waals surface area contributed by atoms with Gasteiger partial charge in [0.15, 0.2) is 0 Å². The van der Waals surface area contributed by atoms with Crippen molar-refractivity contribution < 1.29 is 0 Å². The van der Waals surface area contributed by atoms with Crippen LogP contribution in [-0.4, -0.2) is 34.3 Å². The predicted molar refractivity (Wildman–Crippen MR) is 119 cm³/mol. The second-order valence-electron chi connectivity index (χ2n) is 8.15. The maximum atomic E-state index is 13.2. The van der Waals surface area contributed by atoms with Gasteiger partial charge in [-0.2, -0.15) is 5.10 Å². The highest BCUT2D eigenvalue weighted by molar-refractivity contribution is 5.83. The molecule has 1 aliphatic rings. The molecule has 1 aromatic heterocycles. The minimum absolute atomic E-state index is 0.0724. The van der Waals surface area contributed by atoms with E-state index >= 15 is 0 Å². The fourth-order valence-electron chi connectivity index (χ4n) is 4.48. The van der Waals surface area contributed by atoms with Crippen molar-refractivity contribution >= 4 is 10.8 Å². The van der Waals surface area contributed by atoms with Crippen LogP contribution in [0.5, 0.6) is 0 Å². The Bertz CT molecular complexity index is 996. The Labute approximate surface area is 173 Å². The van der Waals surface area contributed by atoms with E-state index in [-0.39, 0.29) is 11.6 Å². The first-order valence-corrected chi connectivity index (χ1v) is 11.0. The van der Waals surface area contributed by atoms with Crippen molar-refractivity contribution in [2.45, 2.75) is 51.5 Å². The third-order valence-corrected chi connectivity index (χ3v) is 6.09. The van der Waals surface area contributed by atoms with E-state index in [1.165, 1.54) is 5.56 Å². The zero-order valence-electron chi connectivity index (χ0n) is 17.4. The average Bonchev–Trinajstić information content (AvgIpc) is 3.01. The van der Waals surface area contributed by atoms with Crippen molar-refractivity contribution in [1.82, 2.24) is 14.7 Å². The molecule has 0 radical (unpaired) electrons. The average molecular weight is 390 g/mol. The highest BCUT2D eigenvalue weighted by Crippen LogP contribution is 2.23. The van der Waals surface area contributed by atoms with Crippen LogP contribution in [0.25, 0.3) is 10.8 Å². The predicted octanol–water partition coefficient (Wildman–Crippen LogP) is 4.62. The van der Waals surface area contributed by atoms with Crippen LogP contribution in [0.2, 0.25) is 0 Å². The second kappa shape index (κ2) is 9.36. The highest BCUT2D eigenvalue weighted by atomic mass is 16.1. The number of likely N-dealkylation sites (tertiary alicyclic amines) is 1. The Hall–Kier alpha value is -2.46. The maximum Gasteiger partial charge on any atom is 0.274 e. The van der Waals surface area contributed by atoms with E-state index in [9.17, 15) is 4.79 Å². The molecule has 1 saturated heterocycles. The Kier molecular flexibility index (Phi) is 6.40. The molecule has 29 heavy (non-hydrogen) atoms. The number of hydrogen-bond acceptors (Lipinski definition) is 3. The van der Waals surface area contributed by atoms with Crippen molar-refractivity contribution in [3.63, 3.8) is 0 Å². The van der Waals surface area contributed by atoms with Gasteiger partial charge in [0.2, 0.25) is 0 Å². The van der Waals surface area contributed by atoms with Crippen LogP contribution in [0.15, 0.2) is 59.4 Å². The zero-order valence-corrected chi connectivity index (χ0v) is 17.4. The zero-order chi connectivity index (χ0) is 20.1. The first-order valence-electron chi connectivity index (χ1n) is 11.0. The van der Waals surface area contributed by atoms with Gasteiger partial charge >= 0.3 is 0 Å². The van der Waals surface area contributed by atoms with Crippen LogP contribution in [0.1, 0.15) is 49.9 Å². The number of benzene rings is 2. The summed E-state index contributed by atoms with van der Waals surface area (Å²) in [5.74, 6) is 0. The van der Waals surface area contributed by atoms with Gasteiger partial charge in [0.05, 0.1) is 17.1 Å². The summed E-state index contributed by atoms with van der Waals surface area (Å²) in [5.41, 5.74) is 2.53. The summed E-state index contributed by atoms with van der Waals surface area (Å²) < 4.78 is 1.81. The molecule has 2 heterocycles. The molecule has 0 spiro atoms. The van der Waals surface area contributed by atoms with Gasteiger partial charge in [-0.25, -0.2) is 4.68 Å². The summed E-state index contributed by atoms with van der Waals surface area (Å²) in [6, 6.07) is 18.9. The third-order valence-electron chi connectivity index (χ3n) is 6.09. The van der Waals surface area contributed by atoms with E-state index in [2.05, 4.69) is 42.2 Å². The third kappa shape index (κ3) is 4.59. The first kappa shape index (κ1) is 19.8. The molecule has 0 bridgehead atoms. The number of aryl methyl sites for hydroxylation is 1. The number of hydrogen-bond donors (Lipinski definition) is 0. The Morgan fingerprint density at radius 3 is 2.48 bits per heavy atom. The minimum atomic E-state index is 0.0724. The normalized spacial score (nSPS) is 18.0. The summed E-state index contributed by atoms with van der Waals surface area (Å²) in [4.78, 5) is 15.7. The van der Waals surface area contributed by atoms with Gasteiger partial charge in [0.1, 0.15) is 0 Å². The van der Waals surface area contributed by atoms with Gasteiger partial charge in [-0.1, -0.05) is 61.9 Å². The quantitative estimate of drug-likeness (QED) is 0.617. The van der Waals surface area contributed by atoms with E-state index in [1.54, 1.807) is 0 Å². The van der Waals surface area contributed by atoms with Gasteiger partial charge in [-0.3, -0.25) is 4.79 Å². The number of fused-ring (bicyclic) bond motifs is 1. The van der Waals surface area contributed by atoms with Crippen LogP contribution in [0.4, 0.5) is 0 Å². The molecule has 1 aliphatic heterocycles. The van der Waals surface area contributed by atoms with Gasteiger partial charge in [-0.15, -0.1) is 0 Å². The molecule has 0 N–H and O–H groups in total. The maximum absolute atomic E-state index is 13.2. The molecular weight excluding hydrogens is 358 g/mol. The topological polar surface area (TPSA) is 38.1 Å². The lowest BCUT2D eigenvalue weighted by molar-refractivity contribution is 0.281. The molecule has 152 valence electrons. The summed E-state index contributed by atoms with van der Waals surface area (Å²) in [7, 11) is 0. The number of aromatic nitrogens is 2. The monoisotopic (exact) mass is 389 g/mol. The molecule has 3 aromatic rings. The standard InChI is InChI=1S/C25H31N3O/c1-2-9-24-22-13-6-7-14-23(22)25(29)28(26-24)21-12-8-17-27(19-16-21)18-15-20-10-4-3-5-11-20/h3-7,10-11,13-14,21H,2,8-9,12,15-19H2,1H3. The molecular formula is C25H31N3O. The molecule has 2 aromatic carbocycles. The number of rotatable bonds is 6. The second-order valence-corrected chi connectivity index (χ2v) is 8.15. The molecule has 4 heteroatoms. The fourth-order valence-corrected chi connectivity index (χ4v) is 4.48. The van der Waals surface area contributed by atoms with Gasteiger partial charge < -0.3 is 4.90 Å². The Morgan fingerprint density at radius 2 is 1.69 bits per heavy atom. The van der Waals surface area contributed by atoms with Crippen LogP contribution < -0.4 is 5.56 Å². The lowest BCUT2D eigenvalue weighted by Crippen LogP contribution is -2.30. The van der Waals surface area contributed by atoms with Crippen LogP contribution in [0, 0.1) is 0 Å². The van der Waals surface area contributed by atoms with Crippen molar-refractivity contribution in [3.05, 3.63) is 76.2 Å². The van der Waals surface area contributed by atoms with Crippen LogP contribution in [-0.2, 0) is 12.8 Å². The molecule has 1 unspecified atom stereocenters. The summed E-state index contributed by atoms with van der Waals surface area (Å²) in [6.07, 6.45) is 6.16. The summed E-state index contributed by atoms with van der Waals surface area (Å²) in [5, 5.41) is 6.70. The lowest BCUT2D eigenvalue weighted by atomic mass is 10.1. The molecule has 1 atom stereocenters. The molecule has 0 aliphatic carbocycles. The van der Waals surface area contributed by atoms with Crippen molar-refractivity contribution in [2.24, 2.45) is 0 Å². The van der Waals surface area contributed by atoms with E-state index in [0.717, 1.165) is 74.6 Å². The van der Waals surface area contributed by atoms with Crippen molar-refractivity contribution in [3.8, 4) is 0 Å². The van der Waals surface area contributed by atoms with Gasteiger partial charge in [-0.05, 0) is 50.3 Å². The Morgan fingerprint density at radius 1 is 0.931 bits per heavy atom. The van der Waals surface area contributed by atoms with E-state index in [4.69, 9.17) is 5.10 Å². The SMILES string of the molecule is CCCc1nn(C2CCCN(CCc3ccccc3)CC2)c(=O)c2ccccc12.